The molecule has 4 aromatic rings. The molecule has 0 fully saturated rings. The van der Waals surface area contributed by atoms with Gasteiger partial charge in [-0.1, -0.05) is 29.3 Å². The molecule has 0 unspecified atom stereocenters. The van der Waals surface area contributed by atoms with Crippen LogP contribution in [0.1, 0.15) is 0 Å². The molecule has 0 N–H and O–H groups in total. The lowest BCUT2D eigenvalue weighted by atomic mass is 10.3. The molecule has 2 heterocycles. The van der Waals surface area contributed by atoms with Crippen molar-refractivity contribution in [3.05, 3.63) is 70.8 Å². The first-order chi connectivity index (χ1) is 13.6. The molecule has 28 heavy (non-hydrogen) atoms. The molecule has 0 saturated carbocycles. The molecule has 140 valence electrons. The third-order valence-electron chi connectivity index (χ3n) is 3.72. The molecule has 0 bridgehead atoms. The van der Waals surface area contributed by atoms with Gasteiger partial charge in [-0.3, -0.25) is 4.98 Å². The monoisotopic (exact) mass is 414 g/mol. The van der Waals surface area contributed by atoms with Gasteiger partial charge in [0.2, 0.25) is 5.89 Å². The van der Waals surface area contributed by atoms with Crippen molar-refractivity contribution in [3.8, 4) is 23.1 Å². The normalized spacial score (nSPS) is 10.8. The highest BCUT2D eigenvalue weighted by molar-refractivity contribution is 6.35. The number of halogens is 2. The van der Waals surface area contributed by atoms with Crippen molar-refractivity contribution < 1.29 is 18.7 Å². The van der Waals surface area contributed by atoms with E-state index in [0.717, 1.165) is 0 Å². The van der Waals surface area contributed by atoms with E-state index in [4.69, 9.17) is 37.1 Å². The number of esters is 1. The summed E-state index contributed by atoms with van der Waals surface area (Å²) >= 11 is 11.8. The zero-order valence-electron chi connectivity index (χ0n) is 14.3. The highest BCUT2D eigenvalue weighted by Gasteiger charge is 2.13. The summed E-state index contributed by atoms with van der Waals surface area (Å²) in [6.45, 7) is -0.311. The van der Waals surface area contributed by atoms with Crippen LogP contribution >= 0.6 is 23.2 Å². The van der Waals surface area contributed by atoms with Crippen LogP contribution in [0.15, 0.2) is 65.2 Å². The average Bonchev–Trinajstić information content (AvgIpc) is 3.11. The van der Waals surface area contributed by atoms with E-state index in [2.05, 4.69) is 9.97 Å². The number of hydrogen-bond donors (Lipinski definition) is 0. The minimum absolute atomic E-state index is 0.311. The first-order valence-electron chi connectivity index (χ1n) is 8.19. The molecule has 0 atom stereocenters. The standard InChI is InChI=1S/C20H12Cl2N2O4/c21-12-4-7-17(14(22)9-12)26-11-19(25)27-13-5-6-15-18(10-13)28-20(24-15)16-3-1-2-8-23-16/h1-10H,11H2. The van der Waals surface area contributed by atoms with Crippen molar-refractivity contribution >= 4 is 40.3 Å². The van der Waals surface area contributed by atoms with Gasteiger partial charge in [-0.15, -0.1) is 0 Å². The molecule has 0 amide bonds. The van der Waals surface area contributed by atoms with Gasteiger partial charge in [-0.05, 0) is 42.5 Å². The van der Waals surface area contributed by atoms with Gasteiger partial charge in [0, 0.05) is 17.3 Å². The lowest BCUT2D eigenvalue weighted by Gasteiger charge is -2.08. The predicted molar refractivity (Wildman–Crippen MR) is 105 cm³/mol. The number of aromatic nitrogens is 2. The third kappa shape index (κ3) is 4.08. The Morgan fingerprint density at radius 3 is 2.75 bits per heavy atom. The van der Waals surface area contributed by atoms with Crippen molar-refractivity contribution in [2.75, 3.05) is 6.61 Å². The molecule has 2 aromatic heterocycles. The van der Waals surface area contributed by atoms with Gasteiger partial charge in [0.15, 0.2) is 12.2 Å². The van der Waals surface area contributed by atoms with E-state index in [-0.39, 0.29) is 6.61 Å². The fourth-order valence-corrected chi connectivity index (χ4v) is 2.92. The minimum atomic E-state index is -0.588. The number of hydrogen-bond acceptors (Lipinski definition) is 6. The van der Waals surface area contributed by atoms with Crippen LogP contribution < -0.4 is 9.47 Å². The Labute approximate surface area is 169 Å². The highest BCUT2D eigenvalue weighted by atomic mass is 35.5. The van der Waals surface area contributed by atoms with E-state index in [1.807, 2.05) is 12.1 Å². The first-order valence-corrected chi connectivity index (χ1v) is 8.94. The Bertz CT molecular complexity index is 1150. The van der Waals surface area contributed by atoms with E-state index < -0.39 is 5.97 Å². The van der Waals surface area contributed by atoms with Gasteiger partial charge in [-0.2, -0.15) is 0 Å². The van der Waals surface area contributed by atoms with E-state index >= 15 is 0 Å². The summed E-state index contributed by atoms with van der Waals surface area (Å²) in [5, 5.41) is 0.788. The molecule has 6 nitrogen and oxygen atoms in total. The van der Waals surface area contributed by atoms with Crippen molar-refractivity contribution in [1.82, 2.24) is 9.97 Å². The number of oxazole rings is 1. The van der Waals surface area contributed by atoms with Crippen LogP contribution in [0.4, 0.5) is 0 Å². The Morgan fingerprint density at radius 2 is 1.96 bits per heavy atom. The number of rotatable bonds is 5. The summed E-state index contributed by atoms with van der Waals surface area (Å²) in [5.41, 5.74) is 1.72. The van der Waals surface area contributed by atoms with E-state index in [0.29, 0.717) is 44.2 Å². The zero-order valence-corrected chi connectivity index (χ0v) is 15.8. The molecule has 2 aromatic carbocycles. The summed E-state index contributed by atoms with van der Waals surface area (Å²) < 4.78 is 16.4. The zero-order chi connectivity index (χ0) is 19.5. The average molecular weight is 415 g/mol. The third-order valence-corrected chi connectivity index (χ3v) is 4.25. The summed E-state index contributed by atoms with van der Waals surface area (Å²) in [6.07, 6.45) is 1.66. The van der Waals surface area contributed by atoms with Crippen LogP contribution in [-0.4, -0.2) is 22.5 Å². The van der Waals surface area contributed by atoms with Crippen LogP contribution in [-0.2, 0) is 4.79 Å². The predicted octanol–water partition coefficient (Wildman–Crippen LogP) is 5.18. The van der Waals surface area contributed by atoms with Crippen LogP contribution in [0.3, 0.4) is 0 Å². The van der Waals surface area contributed by atoms with E-state index in [1.54, 1.807) is 42.6 Å². The van der Waals surface area contributed by atoms with Gasteiger partial charge in [-0.25, -0.2) is 9.78 Å². The topological polar surface area (TPSA) is 74.5 Å². The number of carbonyl (C=O) groups is 1. The second-order valence-electron chi connectivity index (χ2n) is 5.70. The molecular weight excluding hydrogens is 403 g/mol. The lowest BCUT2D eigenvalue weighted by Crippen LogP contribution is -2.17. The maximum atomic E-state index is 12.1. The maximum Gasteiger partial charge on any atom is 0.349 e. The second kappa shape index (κ2) is 7.88. The molecule has 0 saturated heterocycles. The van der Waals surface area contributed by atoms with Gasteiger partial charge in [0.25, 0.3) is 0 Å². The number of fused-ring (bicyclic) bond motifs is 1. The lowest BCUT2D eigenvalue weighted by molar-refractivity contribution is -0.136. The SMILES string of the molecule is O=C(COc1ccc(Cl)cc1Cl)Oc1ccc2nc(-c3ccccn3)oc2c1. The Morgan fingerprint density at radius 1 is 1.07 bits per heavy atom. The van der Waals surface area contributed by atoms with Crippen molar-refractivity contribution in [1.29, 1.82) is 0 Å². The molecule has 0 aliphatic rings. The minimum Gasteiger partial charge on any atom is -0.480 e. The van der Waals surface area contributed by atoms with Crippen molar-refractivity contribution in [2.24, 2.45) is 0 Å². The van der Waals surface area contributed by atoms with Gasteiger partial charge in [0.1, 0.15) is 22.7 Å². The second-order valence-corrected chi connectivity index (χ2v) is 6.54. The Kier molecular flexibility index (Phi) is 5.14. The van der Waals surface area contributed by atoms with Crippen LogP contribution in [0.25, 0.3) is 22.7 Å². The largest absolute Gasteiger partial charge is 0.480 e. The Hall–Kier alpha value is -3.09. The fraction of sp³-hybridized carbons (Fsp3) is 0.0500. The van der Waals surface area contributed by atoms with Crippen LogP contribution in [0.2, 0.25) is 10.0 Å². The number of ether oxygens (including phenoxy) is 2. The van der Waals surface area contributed by atoms with Gasteiger partial charge in [0.05, 0.1) is 5.02 Å². The van der Waals surface area contributed by atoms with Gasteiger partial charge >= 0.3 is 5.97 Å². The molecule has 0 aliphatic heterocycles. The maximum absolute atomic E-state index is 12.1. The number of pyridine rings is 1. The number of carbonyl (C=O) groups excluding carboxylic acids is 1. The first kappa shape index (κ1) is 18.3. The van der Waals surface area contributed by atoms with Crippen molar-refractivity contribution in [2.45, 2.75) is 0 Å². The molecule has 0 radical (unpaired) electrons. The molecule has 0 aliphatic carbocycles. The summed E-state index contributed by atoms with van der Waals surface area (Å²) in [7, 11) is 0. The molecular formula is C20H12Cl2N2O4. The van der Waals surface area contributed by atoms with E-state index in [1.165, 1.54) is 6.07 Å². The van der Waals surface area contributed by atoms with E-state index in [9.17, 15) is 4.79 Å². The summed E-state index contributed by atoms with van der Waals surface area (Å²) in [6, 6.07) is 15.1. The number of nitrogens with zero attached hydrogens (tertiary/aromatic N) is 2. The van der Waals surface area contributed by atoms with Crippen LogP contribution in [0, 0.1) is 0 Å². The molecule has 8 heteroatoms. The van der Waals surface area contributed by atoms with Crippen molar-refractivity contribution in [3.63, 3.8) is 0 Å². The number of benzene rings is 2. The highest BCUT2D eigenvalue weighted by Crippen LogP contribution is 2.28. The molecule has 0 spiro atoms. The Balaban J connectivity index is 1.44. The summed E-state index contributed by atoms with van der Waals surface area (Å²) in [5.74, 6) is 0.454. The molecule has 4 rings (SSSR count). The fourth-order valence-electron chi connectivity index (χ4n) is 2.46. The quantitative estimate of drug-likeness (QED) is 0.330. The smallest absolute Gasteiger partial charge is 0.349 e. The summed E-state index contributed by atoms with van der Waals surface area (Å²) in [4.78, 5) is 20.6. The van der Waals surface area contributed by atoms with Gasteiger partial charge < -0.3 is 13.9 Å². The van der Waals surface area contributed by atoms with Crippen LogP contribution in [0.5, 0.6) is 11.5 Å².